The lowest BCUT2D eigenvalue weighted by atomic mass is 10.1. The van der Waals surface area contributed by atoms with Crippen molar-refractivity contribution in [3.8, 4) is 0 Å². The van der Waals surface area contributed by atoms with E-state index in [1.54, 1.807) is 27.8 Å². The van der Waals surface area contributed by atoms with Crippen LogP contribution in [0.5, 0.6) is 0 Å². The molecule has 0 radical (unpaired) electrons. The van der Waals surface area contributed by atoms with Crippen molar-refractivity contribution in [1.29, 1.82) is 0 Å². The van der Waals surface area contributed by atoms with Gasteiger partial charge in [-0.25, -0.2) is 9.97 Å². The van der Waals surface area contributed by atoms with Gasteiger partial charge in [0, 0.05) is 18.5 Å². The van der Waals surface area contributed by atoms with E-state index in [1.807, 2.05) is 18.2 Å². The van der Waals surface area contributed by atoms with Gasteiger partial charge in [0.15, 0.2) is 0 Å². The van der Waals surface area contributed by atoms with E-state index in [4.69, 9.17) is 4.74 Å². The Bertz CT molecular complexity index is 1090. The zero-order valence-corrected chi connectivity index (χ0v) is 16.4. The fourth-order valence-corrected chi connectivity index (χ4v) is 4.30. The number of ether oxygens (including phenoxy) is 1. The monoisotopic (exact) mass is 409 g/mol. The SMILES string of the molecule is O=C(Nc1ccc2scnc2c1)c1cnc2c(c1)N(CC1CCCO1)C(=O)CN2. The molecule has 8 nitrogen and oxygen atoms in total. The van der Waals surface area contributed by atoms with Gasteiger partial charge in [-0.15, -0.1) is 11.3 Å². The molecule has 1 atom stereocenters. The van der Waals surface area contributed by atoms with Crippen molar-refractivity contribution in [3.63, 3.8) is 0 Å². The summed E-state index contributed by atoms with van der Waals surface area (Å²) in [5.74, 6) is 0.259. The molecular weight excluding hydrogens is 390 g/mol. The van der Waals surface area contributed by atoms with E-state index >= 15 is 0 Å². The minimum absolute atomic E-state index is 0.0206. The topological polar surface area (TPSA) is 96.5 Å². The van der Waals surface area contributed by atoms with Gasteiger partial charge in [-0.2, -0.15) is 0 Å². The Morgan fingerprint density at radius 3 is 3.14 bits per heavy atom. The predicted octanol–water partition coefficient (Wildman–Crippen LogP) is 2.88. The second-order valence-electron chi connectivity index (χ2n) is 7.07. The lowest BCUT2D eigenvalue weighted by Gasteiger charge is -2.31. The highest BCUT2D eigenvalue weighted by atomic mass is 32.1. The fraction of sp³-hybridized carbons (Fsp3) is 0.300. The first-order valence-corrected chi connectivity index (χ1v) is 10.4. The molecule has 9 heteroatoms. The van der Waals surface area contributed by atoms with Gasteiger partial charge in [0.2, 0.25) is 5.91 Å². The van der Waals surface area contributed by atoms with Crippen LogP contribution in [0, 0.1) is 0 Å². The maximum Gasteiger partial charge on any atom is 0.257 e. The van der Waals surface area contributed by atoms with Crippen molar-refractivity contribution in [2.45, 2.75) is 18.9 Å². The number of anilines is 3. The Morgan fingerprint density at radius 2 is 2.28 bits per heavy atom. The summed E-state index contributed by atoms with van der Waals surface area (Å²) in [7, 11) is 0. The van der Waals surface area contributed by atoms with Crippen LogP contribution in [-0.4, -0.2) is 47.6 Å². The van der Waals surface area contributed by atoms with Gasteiger partial charge in [-0.3, -0.25) is 9.59 Å². The number of fused-ring (bicyclic) bond motifs is 2. The summed E-state index contributed by atoms with van der Waals surface area (Å²) in [6.45, 7) is 1.38. The minimum Gasteiger partial charge on any atom is -0.376 e. The summed E-state index contributed by atoms with van der Waals surface area (Å²) in [5.41, 5.74) is 4.27. The number of nitrogens with one attached hydrogen (secondary N) is 2. The number of nitrogens with zero attached hydrogens (tertiary/aromatic N) is 3. The summed E-state index contributed by atoms with van der Waals surface area (Å²) in [4.78, 5) is 35.6. The molecule has 0 spiro atoms. The van der Waals surface area contributed by atoms with Crippen LogP contribution in [-0.2, 0) is 9.53 Å². The summed E-state index contributed by atoms with van der Waals surface area (Å²) < 4.78 is 6.75. The van der Waals surface area contributed by atoms with Crippen molar-refractivity contribution in [2.24, 2.45) is 0 Å². The number of carbonyl (C=O) groups is 2. The van der Waals surface area contributed by atoms with Crippen LogP contribution >= 0.6 is 11.3 Å². The van der Waals surface area contributed by atoms with Gasteiger partial charge >= 0.3 is 0 Å². The average Bonchev–Trinajstić information content (AvgIpc) is 3.41. The molecule has 2 aromatic heterocycles. The van der Waals surface area contributed by atoms with Crippen molar-refractivity contribution >= 4 is 50.6 Å². The maximum absolute atomic E-state index is 12.8. The van der Waals surface area contributed by atoms with Crippen molar-refractivity contribution in [1.82, 2.24) is 9.97 Å². The quantitative estimate of drug-likeness (QED) is 0.688. The smallest absolute Gasteiger partial charge is 0.257 e. The Labute approximate surface area is 170 Å². The van der Waals surface area contributed by atoms with E-state index in [1.165, 1.54) is 6.20 Å². The Balaban J connectivity index is 1.39. The third kappa shape index (κ3) is 3.54. The molecule has 1 fully saturated rings. The number of pyridine rings is 1. The standard InChI is InChI=1S/C20H19N5O3S/c26-18-9-22-19-16(25(18)10-14-2-1-5-28-14)6-12(8-21-19)20(27)24-13-3-4-17-15(7-13)23-11-29-17/h3-4,6-8,11,14H,1-2,5,9-10H2,(H,21,22)(H,24,27). The number of carbonyl (C=O) groups excluding carboxylic acids is 2. The van der Waals surface area contributed by atoms with Crippen molar-refractivity contribution in [2.75, 3.05) is 35.2 Å². The summed E-state index contributed by atoms with van der Waals surface area (Å²) in [6, 6.07) is 7.32. The number of amides is 2. The number of aromatic nitrogens is 2. The molecule has 2 aliphatic rings. The summed E-state index contributed by atoms with van der Waals surface area (Å²) in [6.07, 6.45) is 3.47. The number of benzene rings is 1. The lowest BCUT2D eigenvalue weighted by Crippen LogP contribution is -2.44. The van der Waals surface area contributed by atoms with Crippen LogP contribution in [0.3, 0.4) is 0 Å². The third-order valence-corrected chi connectivity index (χ3v) is 5.94. The van der Waals surface area contributed by atoms with E-state index in [2.05, 4.69) is 20.6 Å². The predicted molar refractivity (Wildman–Crippen MR) is 112 cm³/mol. The van der Waals surface area contributed by atoms with Gasteiger partial charge in [-0.05, 0) is 37.1 Å². The second kappa shape index (κ2) is 7.41. The van der Waals surface area contributed by atoms with Gasteiger partial charge in [0.05, 0.1) is 46.2 Å². The minimum atomic E-state index is -0.287. The van der Waals surface area contributed by atoms with Crippen LogP contribution in [0.2, 0.25) is 0 Å². The van der Waals surface area contributed by atoms with Crippen LogP contribution in [0.1, 0.15) is 23.2 Å². The highest BCUT2D eigenvalue weighted by Gasteiger charge is 2.29. The molecule has 1 saturated heterocycles. The van der Waals surface area contributed by atoms with Gasteiger partial charge in [0.25, 0.3) is 5.91 Å². The molecule has 5 rings (SSSR count). The molecule has 29 heavy (non-hydrogen) atoms. The summed E-state index contributed by atoms with van der Waals surface area (Å²) >= 11 is 1.55. The molecule has 2 aliphatic heterocycles. The molecule has 4 heterocycles. The molecule has 0 saturated carbocycles. The molecule has 3 aromatic rings. The van der Waals surface area contributed by atoms with Crippen LogP contribution in [0.25, 0.3) is 10.2 Å². The molecule has 2 amide bonds. The van der Waals surface area contributed by atoms with E-state index in [0.717, 1.165) is 29.7 Å². The molecular formula is C20H19N5O3S. The number of thiazole rings is 1. The summed E-state index contributed by atoms with van der Waals surface area (Å²) in [5, 5.41) is 5.90. The van der Waals surface area contributed by atoms with E-state index in [-0.39, 0.29) is 24.5 Å². The first-order valence-electron chi connectivity index (χ1n) is 9.48. The second-order valence-corrected chi connectivity index (χ2v) is 7.96. The van der Waals surface area contributed by atoms with E-state index < -0.39 is 0 Å². The molecule has 0 aliphatic carbocycles. The van der Waals surface area contributed by atoms with Crippen LogP contribution < -0.4 is 15.5 Å². The van der Waals surface area contributed by atoms with Gasteiger partial charge < -0.3 is 20.3 Å². The molecule has 1 unspecified atom stereocenters. The highest BCUT2D eigenvalue weighted by Crippen LogP contribution is 2.30. The maximum atomic E-state index is 12.8. The van der Waals surface area contributed by atoms with Crippen molar-refractivity contribution in [3.05, 3.63) is 41.5 Å². The molecule has 148 valence electrons. The van der Waals surface area contributed by atoms with Gasteiger partial charge in [-0.1, -0.05) is 0 Å². The van der Waals surface area contributed by atoms with Gasteiger partial charge in [0.1, 0.15) is 5.82 Å². The first-order chi connectivity index (χ1) is 14.2. The van der Waals surface area contributed by atoms with E-state index in [0.29, 0.717) is 29.3 Å². The Morgan fingerprint density at radius 1 is 1.34 bits per heavy atom. The van der Waals surface area contributed by atoms with Crippen LogP contribution in [0.4, 0.5) is 17.2 Å². The molecule has 2 N–H and O–H groups in total. The largest absolute Gasteiger partial charge is 0.376 e. The zero-order chi connectivity index (χ0) is 19.8. The van der Waals surface area contributed by atoms with Crippen molar-refractivity contribution < 1.29 is 14.3 Å². The fourth-order valence-electron chi connectivity index (χ4n) is 3.64. The normalized spacial score (nSPS) is 18.6. The number of hydrogen-bond acceptors (Lipinski definition) is 7. The van der Waals surface area contributed by atoms with E-state index in [9.17, 15) is 9.59 Å². The van der Waals surface area contributed by atoms with Crippen LogP contribution in [0.15, 0.2) is 36.0 Å². The average molecular weight is 409 g/mol. The lowest BCUT2D eigenvalue weighted by molar-refractivity contribution is -0.117. The number of hydrogen-bond donors (Lipinski definition) is 2. The Hall–Kier alpha value is -3.04. The first kappa shape index (κ1) is 18.0. The Kier molecular flexibility index (Phi) is 4.61. The molecule has 0 bridgehead atoms. The number of rotatable bonds is 4. The highest BCUT2D eigenvalue weighted by molar-refractivity contribution is 7.16. The zero-order valence-electron chi connectivity index (χ0n) is 15.6. The third-order valence-electron chi connectivity index (χ3n) is 5.13. The molecule has 1 aromatic carbocycles.